The summed E-state index contributed by atoms with van der Waals surface area (Å²) in [5.41, 5.74) is 0.594. The molecule has 0 aliphatic carbocycles. The monoisotopic (exact) mass is 220 g/mol. The molecule has 0 aliphatic heterocycles. The summed E-state index contributed by atoms with van der Waals surface area (Å²) < 4.78 is 0. The Hall–Kier alpha value is -0.350. The number of halogens is 2. The third-order valence-electron chi connectivity index (χ3n) is 1.61. The van der Waals surface area contributed by atoms with E-state index in [0.717, 1.165) is 0 Å². The van der Waals surface area contributed by atoms with E-state index in [9.17, 15) is 5.11 Å². The number of nitrogens with one attached hydrogen (secondary N) is 1. The maximum Gasteiger partial charge on any atom is 0.129 e. The lowest BCUT2D eigenvalue weighted by atomic mass is 10.1. The van der Waals surface area contributed by atoms with E-state index in [2.05, 4.69) is 10.3 Å². The van der Waals surface area contributed by atoms with Gasteiger partial charge in [-0.2, -0.15) is 0 Å². The van der Waals surface area contributed by atoms with Gasteiger partial charge in [-0.15, -0.1) is 0 Å². The first-order valence-corrected chi connectivity index (χ1v) is 4.54. The minimum absolute atomic E-state index is 0.328. The van der Waals surface area contributed by atoms with Gasteiger partial charge in [0.25, 0.3) is 0 Å². The van der Waals surface area contributed by atoms with E-state index in [4.69, 9.17) is 23.2 Å². The van der Waals surface area contributed by atoms with Crippen LogP contribution in [0.15, 0.2) is 12.3 Å². The molecule has 5 heteroatoms. The predicted molar refractivity (Wildman–Crippen MR) is 53.1 cm³/mol. The van der Waals surface area contributed by atoms with Gasteiger partial charge in [0.2, 0.25) is 0 Å². The van der Waals surface area contributed by atoms with Gasteiger partial charge in [-0.3, -0.25) is 0 Å². The molecule has 0 aliphatic rings. The molecule has 1 aromatic heterocycles. The summed E-state index contributed by atoms with van der Waals surface area (Å²) in [5.74, 6) is 0. The van der Waals surface area contributed by atoms with Crippen molar-refractivity contribution in [3.05, 3.63) is 28.0 Å². The first-order valence-electron chi connectivity index (χ1n) is 3.78. The van der Waals surface area contributed by atoms with Gasteiger partial charge in [-0.25, -0.2) is 4.98 Å². The van der Waals surface area contributed by atoms with Gasteiger partial charge >= 0.3 is 0 Å². The number of pyridine rings is 1. The molecule has 1 aromatic rings. The van der Waals surface area contributed by atoms with Crippen molar-refractivity contribution in [3.63, 3.8) is 0 Å². The molecule has 1 unspecified atom stereocenters. The Morgan fingerprint density at radius 2 is 2.31 bits per heavy atom. The number of likely N-dealkylation sites (N-methyl/N-ethyl adjacent to an activating group) is 1. The Kier molecular flexibility index (Phi) is 3.93. The van der Waals surface area contributed by atoms with Gasteiger partial charge in [-0.05, 0) is 13.1 Å². The third kappa shape index (κ3) is 2.81. The fourth-order valence-corrected chi connectivity index (χ4v) is 1.38. The van der Waals surface area contributed by atoms with E-state index in [-0.39, 0.29) is 0 Å². The van der Waals surface area contributed by atoms with Crippen LogP contribution >= 0.6 is 23.2 Å². The molecule has 0 spiro atoms. The Labute approximate surface area is 86.7 Å². The summed E-state index contributed by atoms with van der Waals surface area (Å²) in [6.07, 6.45) is 0.774. The summed E-state index contributed by atoms with van der Waals surface area (Å²) in [6.45, 7) is 0.431. The molecule has 1 heterocycles. The molecule has 13 heavy (non-hydrogen) atoms. The fraction of sp³-hybridized carbons (Fsp3) is 0.375. The zero-order valence-corrected chi connectivity index (χ0v) is 8.60. The minimum atomic E-state index is -0.655. The van der Waals surface area contributed by atoms with Crippen LogP contribution in [0.3, 0.4) is 0 Å². The van der Waals surface area contributed by atoms with Crippen molar-refractivity contribution in [1.29, 1.82) is 0 Å². The number of hydrogen-bond donors (Lipinski definition) is 2. The molecule has 0 saturated heterocycles. The lowest BCUT2D eigenvalue weighted by molar-refractivity contribution is 0.178. The number of nitrogens with zero attached hydrogens (tertiary/aromatic N) is 1. The van der Waals surface area contributed by atoms with Crippen LogP contribution in [0.5, 0.6) is 0 Å². The van der Waals surface area contributed by atoms with E-state index >= 15 is 0 Å². The average molecular weight is 221 g/mol. The van der Waals surface area contributed by atoms with Crippen LogP contribution in [0.25, 0.3) is 0 Å². The van der Waals surface area contributed by atoms with Crippen molar-refractivity contribution in [2.45, 2.75) is 6.10 Å². The number of aromatic nitrogens is 1. The fourth-order valence-electron chi connectivity index (χ4n) is 0.986. The molecule has 1 rings (SSSR count). The smallest absolute Gasteiger partial charge is 0.129 e. The maximum absolute atomic E-state index is 9.59. The second kappa shape index (κ2) is 4.77. The minimum Gasteiger partial charge on any atom is -0.387 e. The van der Waals surface area contributed by atoms with E-state index in [1.165, 1.54) is 6.20 Å². The number of aliphatic hydroxyl groups is 1. The highest BCUT2D eigenvalue weighted by molar-refractivity contribution is 6.32. The van der Waals surface area contributed by atoms with E-state index in [1.54, 1.807) is 13.1 Å². The van der Waals surface area contributed by atoms with Crippen LogP contribution in [0.1, 0.15) is 11.7 Å². The van der Waals surface area contributed by atoms with Gasteiger partial charge in [0.1, 0.15) is 5.15 Å². The van der Waals surface area contributed by atoms with Crippen LogP contribution in [-0.4, -0.2) is 23.7 Å². The van der Waals surface area contributed by atoms with Crippen molar-refractivity contribution in [1.82, 2.24) is 10.3 Å². The molecule has 1 atom stereocenters. The lowest BCUT2D eigenvalue weighted by Gasteiger charge is -2.11. The summed E-state index contributed by atoms with van der Waals surface area (Å²) in [4.78, 5) is 3.78. The Morgan fingerprint density at radius 3 is 2.92 bits per heavy atom. The van der Waals surface area contributed by atoms with Crippen LogP contribution in [-0.2, 0) is 0 Å². The molecule has 72 valence electrons. The van der Waals surface area contributed by atoms with Crippen molar-refractivity contribution in [2.75, 3.05) is 13.6 Å². The Bertz CT molecular complexity index is 293. The van der Waals surface area contributed by atoms with Gasteiger partial charge in [0.15, 0.2) is 0 Å². The van der Waals surface area contributed by atoms with E-state index < -0.39 is 6.10 Å². The SMILES string of the molecule is CNCC(O)c1cc(Cl)ncc1Cl. The number of aliphatic hydroxyl groups excluding tert-OH is 1. The average Bonchev–Trinajstić information content (AvgIpc) is 2.09. The highest BCUT2D eigenvalue weighted by Gasteiger charge is 2.11. The third-order valence-corrected chi connectivity index (χ3v) is 2.13. The highest BCUT2D eigenvalue weighted by Crippen LogP contribution is 2.23. The van der Waals surface area contributed by atoms with Gasteiger partial charge < -0.3 is 10.4 Å². The molecule has 0 amide bonds. The molecule has 0 aromatic carbocycles. The van der Waals surface area contributed by atoms with E-state index in [1.807, 2.05) is 0 Å². The standard InChI is InChI=1S/C8H10Cl2N2O/c1-11-4-7(13)5-2-8(10)12-3-6(5)9/h2-3,7,11,13H,4H2,1H3. The zero-order valence-electron chi connectivity index (χ0n) is 7.09. The largest absolute Gasteiger partial charge is 0.387 e. The molecular weight excluding hydrogens is 211 g/mol. The summed E-state index contributed by atoms with van der Waals surface area (Å²) in [7, 11) is 1.75. The van der Waals surface area contributed by atoms with Crippen LogP contribution in [0, 0.1) is 0 Å². The maximum atomic E-state index is 9.59. The second-order valence-electron chi connectivity index (χ2n) is 2.60. The van der Waals surface area contributed by atoms with Crippen LogP contribution in [0.2, 0.25) is 10.2 Å². The first-order chi connectivity index (χ1) is 6.15. The van der Waals surface area contributed by atoms with Gasteiger partial charge in [0.05, 0.1) is 11.1 Å². The van der Waals surface area contributed by atoms with Crippen molar-refractivity contribution >= 4 is 23.2 Å². The predicted octanol–water partition coefficient (Wildman–Crippen LogP) is 1.64. The molecule has 3 nitrogen and oxygen atoms in total. The first kappa shape index (κ1) is 10.7. The molecule has 2 N–H and O–H groups in total. The van der Waals surface area contributed by atoms with Crippen molar-refractivity contribution in [3.8, 4) is 0 Å². The van der Waals surface area contributed by atoms with Crippen molar-refractivity contribution in [2.24, 2.45) is 0 Å². The number of hydrogen-bond acceptors (Lipinski definition) is 3. The van der Waals surface area contributed by atoms with Gasteiger partial charge in [0, 0.05) is 18.3 Å². The normalized spacial score (nSPS) is 12.9. The van der Waals surface area contributed by atoms with Crippen molar-refractivity contribution < 1.29 is 5.11 Å². The highest BCUT2D eigenvalue weighted by atomic mass is 35.5. The Balaban J connectivity index is 2.91. The molecule has 0 bridgehead atoms. The summed E-state index contributed by atoms with van der Waals surface area (Å²) in [5, 5.41) is 13.2. The summed E-state index contributed by atoms with van der Waals surface area (Å²) >= 11 is 11.5. The summed E-state index contributed by atoms with van der Waals surface area (Å²) in [6, 6.07) is 1.56. The molecular formula is C8H10Cl2N2O. The lowest BCUT2D eigenvalue weighted by Crippen LogP contribution is -2.17. The van der Waals surface area contributed by atoms with Crippen LogP contribution in [0.4, 0.5) is 0 Å². The number of rotatable bonds is 3. The molecule has 0 fully saturated rings. The second-order valence-corrected chi connectivity index (χ2v) is 3.40. The molecule has 0 saturated carbocycles. The zero-order chi connectivity index (χ0) is 9.84. The topological polar surface area (TPSA) is 45.1 Å². The quantitative estimate of drug-likeness (QED) is 0.762. The Morgan fingerprint density at radius 1 is 1.62 bits per heavy atom. The van der Waals surface area contributed by atoms with Gasteiger partial charge in [-0.1, -0.05) is 23.2 Å². The molecule has 0 radical (unpaired) electrons. The van der Waals surface area contributed by atoms with E-state index in [0.29, 0.717) is 22.3 Å². The van der Waals surface area contributed by atoms with Crippen LogP contribution < -0.4 is 5.32 Å².